The van der Waals surface area contributed by atoms with E-state index in [0.717, 1.165) is 30.6 Å². The maximum atomic E-state index is 11.4. The molecule has 0 bridgehead atoms. The first-order chi connectivity index (χ1) is 8.97. The second-order valence-corrected chi connectivity index (χ2v) is 5.23. The predicted molar refractivity (Wildman–Crippen MR) is 76.1 cm³/mol. The van der Waals surface area contributed by atoms with Gasteiger partial charge in [0.25, 0.3) is 0 Å². The maximum Gasteiger partial charge on any atom is 0.419 e. The maximum absolute atomic E-state index is 11.4. The standard InChI is InChI=1S/C14H21N3O2/c1-10(15)6-7-16(2)9-11-4-5-12-13(8-11)19-14(18)17(12)3/h4-5,8,10H,6-7,9,15H2,1-3H3. The summed E-state index contributed by atoms with van der Waals surface area (Å²) in [6.45, 7) is 3.79. The van der Waals surface area contributed by atoms with Gasteiger partial charge in [-0.1, -0.05) is 6.07 Å². The lowest BCUT2D eigenvalue weighted by atomic mass is 10.2. The van der Waals surface area contributed by atoms with Crippen LogP contribution in [0, 0.1) is 0 Å². The quantitative estimate of drug-likeness (QED) is 0.883. The average Bonchev–Trinajstić information content (AvgIpc) is 2.62. The summed E-state index contributed by atoms with van der Waals surface area (Å²) in [7, 11) is 3.77. The normalized spacial score (nSPS) is 13.3. The van der Waals surface area contributed by atoms with E-state index in [-0.39, 0.29) is 11.8 Å². The summed E-state index contributed by atoms with van der Waals surface area (Å²) >= 11 is 0. The van der Waals surface area contributed by atoms with Crippen LogP contribution in [-0.4, -0.2) is 29.1 Å². The van der Waals surface area contributed by atoms with Crippen LogP contribution >= 0.6 is 0 Å². The highest BCUT2D eigenvalue weighted by Gasteiger charge is 2.08. The summed E-state index contributed by atoms with van der Waals surface area (Å²) < 4.78 is 6.70. The van der Waals surface area contributed by atoms with Crippen LogP contribution in [0.2, 0.25) is 0 Å². The summed E-state index contributed by atoms with van der Waals surface area (Å²) in [5.74, 6) is -0.322. The Balaban J connectivity index is 2.11. The molecule has 2 N–H and O–H groups in total. The van der Waals surface area contributed by atoms with Crippen molar-refractivity contribution in [2.75, 3.05) is 13.6 Å². The number of aryl methyl sites for hydroxylation is 1. The number of fused-ring (bicyclic) bond motifs is 1. The molecule has 19 heavy (non-hydrogen) atoms. The van der Waals surface area contributed by atoms with Crippen LogP contribution in [0.25, 0.3) is 11.1 Å². The molecule has 0 radical (unpaired) electrons. The van der Waals surface area contributed by atoms with E-state index in [0.29, 0.717) is 5.58 Å². The Morgan fingerprint density at radius 2 is 2.21 bits per heavy atom. The number of rotatable bonds is 5. The Morgan fingerprint density at radius 1 is 1.47 bits per heavy atom. The summed E-state index contributed by atoms with van der Waals surface area (Å²) in [6, 6.07) is 6.10. The van der Waals surface area contributed by atoms with Crippen molar-refractivity contribution in [2.45, 2.75) is 25.9 Å². The van der Waals surface area contributed by atoms with Crippen molar-refractivity contribution in [3.63, 3.8) is 0 Å². The Labute approximate surface area is 112 Å². The van der Waals surface area contributed by atoms with Gasteiger partial charge in [0.05, 0.1) is 5.52 Å². The summed E-state index contributed by atoms with van der Waals surface area (Å²) in [5.41, 5.74) is 8.35. The molecule has 0 saturated carbocycles. The summed E-state index contributed by atoms with van der Waals surface area (Å²) in [5, 5.41) is 0. The zero-order valence-electron chi connectivity index (χ0n) is 11.7. The molecule has 1 heterocycles. The van der Waals surface area contributed by atoms with Gasteiger partial charge in [-0.15, -0.1) is 0 Å². The van der Waals surface area contributed by atoms with Crippen LogP contribution in [0.15, 0.2) is 27.4 Å². The van der Waals surface area contributed by atoms with Crippen molar-refractivity contribution in [1.82, 2.24) is 9.47 Å². The fraction of sp³-hybridized carbons (Fsp3) is 0.500. The van der Waals surface area contributed by atoms with Gasteiger partial charge < -0.3 is 15.1 Å². The van der Waals surface area contributed by atoms with Crippen LogP contribution in [-0.2, 0) is 13.6 Å². The van der Waals surface area contributed by atoms with E-state index in [1.165, 1.54) is 4.57 Å². The zero-order valence-corrected chi connectivity index (χ0v) is 11.7. The molecule has 1 atom stereocenters. The van der Waals surface area contributed by atoms with E-state index in [1.54, 1.807) is 7.05 Å². The van der Waals surface area contributed by atoms with Gasteiger partial charge in [0, 0.05) is 19.6 Å². The number of nitrogens with zero attached hydrogens (tertiary/aromatic N) is 2. The van der Waals surface area contributed by atoms with Gasteiger partial charge in [0.2, 0.25) is 0 Å². The minimum absolute atomic E-state index is 0.220. The Morgan fingerprint density at radius 3 is 2.89 bits per heavy atom. The molecule has 2 rings (SSSR count). The molecule has 1 aromatic carbocycles. The molecule has 104 valence electrons. The minimum Gasteiger partial charge on any atom is -0.408 e. The SMILES string of the molecule is CC(N)CCN(C)Cc1ccc2c(c1)oc(=O)n2C. The van der Waals surface area contributed by atoms with Crippen LogP contribution in [0.5, 0.6) is 0 Å². The third-order valence-corrected chi connectivity index (χ3v) is 3.28. The largest absolute Gasteiger partial charge is 0.419 e. The van der Waals surface area contributed by atoms with E-state index in [4.69, 9.17) is 10.2 Å². The number of hydrogen-bond donors (Lipinski definition) is 1. The van der Waals surface area contributed by atoms with Crippen LogP contribution in [0.3, 0.4) is 0 Å². The Kier molecular flexibility index (Phi) is 4.07. The lowest BCUT2D eigenvalue weighted by molar-refractivity contribution is 0.313. The molecule has 0 amide bonds. The topological polar surface area (TPSA) is 64.4 Å². The van der Waals surface area contributed by atoms with Crippen molar-refractivity contribution in [3.8, 4) is 0 Å². The molecule has 0 aliphatic rings. The molecule has 0 fully saturated rings. The Bertz CT molecular complexity index is 613. The molecule has 1 unspecified atom stereocenters. The van der Waals surface area contributed by atoms with E-state index >= 15 is 0 Å². The Hall–Kier alpha value is -1.59. The fourth-order valence-corrected chi connectivity index (χ4v) is 2.09. The van der Waals surface area contributed by atoms with E-state index in [2.05, 4.69) is 11.9 Å². The highest BCUT2D eigenvalue weighted by molar-refractivity contribution is 5.73. The second-order valence-electron chi connectivity index (χ2n) is 5.23. The minimum atomic E-state index is -0.322. The molecule has 2 aromatic rings. The molecule has 0 aliphatic carbocycles. The molecule has 5 heteroatoms. The summed E-state index contributed by atoms with van der Waals surface area (Å²) in [6.07, 6.45) is 0.971. The van der Waals surface area contributed by atoms with Gasteiger partial charge in [0.15, 0.2) is 5.58 Å². The molecular weight excluding hydrogens is 242 g/mol. The predicted octanol–water partition coefficient (Wildman–Crippen LogP) is 1.30. The number of oxazole rings is 1. The zero-order chi connectivity index (χ0) is 14.0. The van der Waals surface area contributed by atoms with Crippen molar-refractivity contribution in [2.24, 2.45) is 12.8 Å². The molecule has 1 aromatic heterocycles. The molecule has 0 aliphatic heterocycles. The lowest BCUT2D eigenvalue weighted by Crippen LogP contribution is -2.25. The smallest absolute Gasteiger partial charge is 0.408 e. The van der Waals surface area contributed by atoms with Gasteiger partial charge >= 0.3 is 5.76 Å². The lowest BCUT2D eigenvalue weighted by Gasteiger charge is -2.17. The third-order valence-electron chi connectivity index (χ3n) is 3.28. The first kappa shape index (κ1) is 13.8. The monoisotopic (exact) mass is 263 g/mol. The number of nitrogens with two attached hydrogens (primary N) is 1. The van der Waals surface area contributed by atoms with Crippen LogP contribution < -0.4 is 11.5 Å². The van der Waals surface area contributed by atoms with Crippen molar-refractivity contribution in [1.29, 1.82) is 0 Å². The highest BCUT2D eigenvalue weighted by atomic mass is 16.4. The van der Waals surface area contributed by atoms with Gasteiger partial charge in [-0.25, -0.2) is 4.79 Å². The first-order valence-corrected chi connectivity index (χ1v) is 6.50. The molecule has 0 saturated heterocycles. The highest BCUT2D eigenvalue weighted by Crippen LogP contribution is 2.15. The van der Waals surface area contributed by atoms with Gasteiger partial charge in [-0.05, 0) is 44.6 Å². The molecule has 0 spiro atoms. The fourth-order valence-electron chi connectivity index (χ4n) is 2.09. The molecular formula is C14H21N3O2. The van der Waals surface area contributed by atoms with Crippen LogP contribution in [0.4, 0.5) is 0 Å². The van der Waals surface area contributed by atoms with Gasteiger partial charge in [-0.2, -0.15) is 0 Å². The van der Waals surface area contributed by atoms with Crippen LogP contribution in [0.1, 0.15) is 18.9 Å². The van der Waals surface area contributed by atoms with Gasteiger partial charge in [0.1, 0.15) is 0 Å². The third kappa shape index (κ3) is 3.24. The number of aromatic nitrogens is 1. The van der Waals surface area contributed by atoms with Crippen molar-refractivity contribution >= 4 is 11.1 Å². The van der Waals surface area contributed by atoms with Crippen molar-refractivity contribution in [3.05, 3.63) is 34.3 Å². The van der Waals surface area contributed by atoms with E-state index < -0.39 is 0 Å². The van der Waals surface area contributed by atoms with Gasteiger partial charge in [-0.3, -0.25) is 4.57 Å². The first-order valence-electron chi connectivity index (χ1n) is 6.50. The number of benzene rings is 1. The molecule has 5 nitrogen and oxygen atoms in total. The summed E-state index contributed by atoms with van der Waals surface area (Å²) in [4.78, 5) is 13.6. The number of hydrogen-bond acceptors (Lipinski definition) is 4. The van der Waals surface area contributed by atoms with E-state index in [9.17, 15) is 4.79 Å². The average molecular weight is 263 g/mol. The van der Waals surface area contributed by atoms with Crippen molar-refractivity contribution < 1.29 is 4.42 Å². The van der Waals surface area contributed by atoms with E-state index in [1.807, 2.05) is 25.1 Å². The second kappa shape index (κ2) is 5.59.